The summed E-state index contributed by atoms with van der Waals surface area (Å²) in [6, 6.07) is -1.99. The average Bonchev–Trinajstić information content (AvgIpc) is 2.97. The zero-order chi connectivity index (χ0) is 34.5. The molecule has 0 bridgehead atoms. The molecule has 0 aliphatic carbocycles. The Bertz CT molecular complexity index is 1010. The first-order chi connectivity index (χ1) is 21.1. The Labute approximate surface area is 279 Å². The fraction of sp³-hybridized carbons (Fsp3) is 0.778. The molecule has 19 heteroatoms. The van der Waals surface area contributed by atoms with Crippen LogP contribution in [0, 0.1) is 10.8 Å². The first-order valence-electron chi connectivity index (χ1n) is 15.0. The van der Waals surface area contributed by atoms with Gasteiger partial charge in [-0.15, -0.1) is 0 Å². The van der Waals surface area contributed by atoms with Crippen LogP contribution in [0.3, 0.4) is 0 Å². The van der Waals surface area contributed by atoms with Gasteiger partial charge in [-0.2, -0.15) is 0 Å². The smallest absolute Gasteiger partial charge is 0.293 e. The molecule has 8 N–H and O–H groups in total. The second-order valence-corrected chi connectivity index (χ2v) is 10.7. The fourth-order valence-electron chi connectivity index (χ4n) is 4.08. The minimum absolute atomic E-state index is 0. The van der Waals surface area contributed by atoms with Crippen LogP contribution in [0.2, 0.25) is 0 Å². The molecule has 0 spiro atoms. The van der Waals surface area contributed by atoms with Crippen molar-refractivity contribution >= 4 is 35.3 Å². The van der Waals surface area contributed by atoms with E-state index in [2.05, 4.69) is 16.0 Å². The average molecular weight is 704 g/mol. The van der Waals surface area contributed by atoms with E-state index in [9.17, 15) is 49.3 Å². The van der Waals surface area contributed by atoms with E-state index < -0.39 is 47.5 Å². The second-order valence-electron chi connectivity index (χ2n) is 10.7. The van der Waals surface area contributed by atoms with Gasteiger partial charge >= 0.3 is 0 Å². The molecule has 46 heavy (non-hydrogen) atoms. The van der Waals surface area contributed by atoms with Gasteiger partial charge in [0.15, 0.2) is 0 Å². The van der Waals surface area contributed by atoms with Crippen LogP contribution in [-0.4, -0.2) is 135 Å². The van der Waals surface area contributed by atoms with Crippen molar-refractivity contribution in [2.75, 3.05) is 52.4 Å². The van der Waals surface area contributed by atoms with Crippen molar-refractivity contribution in [2.24, 2.45) is 11.7 Å². The Morgan fingerprint density at radius 1 is 0.783 bits per heavy atom. The van der Waals surface area contributed by atoms with Crippen LogP contribution in [-0.2, 0) is 45.8 Å². The number of nitroso groups, excluding NO2 is 1. The molecule has 0 aromatic carbocycles. The number of nitrogens with one attached hydrogen (secondary N) is 3. The molecule has 3 atom stereocenters. The first kappa shape index (κ1) is 45.1. The molecule has 266 valence electrons. The van der Waals surface area contributed by atoms with E-state index in [0.29, 0.717) is 45.8 Å². The van der Waals surface area contributed by atoms with E-state index >= 15 is 0 Å². The maximum absolute atomic E-state index is 13.3. The number of primary amides is 1. The molecule has 0 rings (SSSR count). The van der Waals surface area contributed by atoms with Crippen molar-refractivity contribution in [1.29, 1.82) is 0 Å². The van der Waals surface area contributed by atoms with Crippen LogP contribution in [0.1, 0.15) is 66.2 Å². The van der Waals surface area contributed by atoms with Crippen molar-refractivity contribution in [3.05, 3.63) is 4.91 Å². The van der Waals surface area contributed by atoms with E-state index in [1.807, 2.05) is 0 Å². The van der Waals surface area contributed by atoms with Crippen molar-refractivity contribution in [3.63, 3.8) is 0 Å². The van der Waals surface area contributed by atoms with Crippen LogP contribution in [0.25, 0.3) is 0 Å². The topological polar surface area (TPSA) is 255 Å². The third-order valence-corrected chi connectivity index (χ3v) is 7.00. The number of nitrogens with zero attached hydrogens (tertiary/aromatic N) is 4. The van der Waals surface area contributed by atoms with Gasteiger partial charge in [0.2, 0.25) is 30.2 Å². The Kier molecular flexibility index (Phi) is 24.6. The summed E-state index contributed by atoms with van der Waals surface area (Å²) in [7, 11) is 0. The van der Waals surface area contributed by atoms with E-state index in [0.717, 1.165) is 13.8 Å². The van der Waals surface area contributed by atoms with Crippen molar-refractivity contribution in [2.45, 2.75) is 78.3 Å². The largest absolute Gasteiger partial charge is 0.369 e. The predicted octanol–water partition coefficient (Wildman–Crippen LogP) is -1.46. The molecule has 0 aromatic rings. The number of hydroxylamine groups is 6. The van der Waals surface area contributed by atoms with Crippen LogP contribution in [0.15, 0.2) is 0 Å². The van der Waals surface area contributed by atoms with Crippen molar-refractivity contribution in [3.8, 4) is 0 Å². The zero-order valence-electron chi connectivity index (χ0n) is 27.1. The molecule has 0 radical (unpaired) electrons. The maximum Gasteiger partial charge on any atom is 0.293 e. The molecule has 18 nitrogen and oxygen atoms in total. The summed E-state index contributed by atoms with van der Waals surface area (Å²) in [6.45, 7) is 5.23. The summed E-state index contributed by atoms with van der Waals surface area (Å²) >= 11 is 0. The summed E-state index contributed by atoms with van der Waals surface area (Å²) < 4.78 is 0.495. The summed E-state index contributed by atoms with van der Waals surface area (Å²) in [4.78, 5) is 83.6. The van der Waals surface area contributed by atoms with Gasteiger partial charge in [0.1, 0.15) is 5.78 Å². The number of carbonyl (C=O) groups is 6. The Hall–Kier alpha value is -3.06. The summed E-state index contributed by atoms with van der Waals surface area (Å²) in [5.74, 6) is -3.76. The number of amides is 5. The number of hydrogen-bond donors (Lipinski definition) is 7. The maximum atomic E-state index is 13.3. The molecule has 5 amide bonds. The number of carbonyl (C=O) groups excluding carboxylic acids is 6. The van der Waals surface area contributed by atoms with Crippen LogP contribution in [0.4, 0.5) is 0 Å². The predicted molar refractivity (Wildman–Crippen MR) is 159 cm³/mol. The molecule has 0 heterocycles. The summed E-state index contributed by atoms with van der Waals surface area (Å²) in [6.07, 6.45) is 1.23. The number of rotatable bonds is 25. The van der Waals surface area contributed by atoms with Gasteiger partial charge in [0.05, 0.1) is 26.2 Å². The Morgan fingerprint density at radius 2 is 1.30 bits per heavy atom. The number of Topliss-reactive ketones (excluding diaryl/α,β-unsaturated/α-hetero) is 1. The fourth-order valence-corrected chi connectivity index (χ4v) is 4.08. The molecular formula is C27H51FeN8O10+. The summed E-state index contributed by atoms with van der Waals surface area (Å²) in [5, 5.41) is 39.2. The number of nitrogens with two attached hydrogens (primary N) is 1. The second kappa shape index (κ2) is 25.1. The van der Waals surface area contributed by atoms with E-state index in [1.54, 1.807) is 6.92 Å². The van der Waals surface area contributed by atoms with Crippen molar-refractivity contribution < 1.29 is 66.2 Å². The van der Waals surface area contributed by atoms with Gasteiger partial charge in [0, 0.05) is 85.4 Å². The standard InChI is InChI=1S/C27H50N8O10.Fe/c1-5-24(39)18-30-12-16-35(45)25(10-15-34(44)21(4)38)27(41)31-23(9-14-33(43)20(3)37)17-29-11-6-7-22(26(28)40)8-13-32(42)19(2)36;/h22-23,25,29-30,42-44H,5-18H2,1-4H3,(H2-,28,31,40,41);/p+1/t22-,23-,25-;/m1./s1. The van der Waals surface area contributed by atoms with Crippen molar-refractivity contribution in [1.82, 2.24) is 31.1 Å². The number of hydrogen-bond acceptors (Lipinski definition) is 12. The van der Waals surface area contributed by atoms with Crippen LogP contribution in [0.5, 0.6) is 0 Å². The van der Waals surface area contributed by atoms with Gasteiger partial charge < -0.3 is 21.7 Å². The Morgan fingerprint density at radius 3 is 1.80 bits per heavy atom. The van der Waals surface area contributed by atoms with Gasteiger partial charge in [0.25, 0.3) is 11.9 Å². The normalized spacial score (nSPS) is 12.6. The van der Waals surface area contributed by atoms with Gasteiger partial charge in [-0.05, 0) is 32.2 Å². The molecule has 0 aliphatic rings. The third kappa shape index (κ3) is 20.1. The molecule has 0 saturated heterocycles. The molecular weight excluding hydrogens is 652 g/mol. The van der Waals surface area contributed by atoms with Gasteiger partial charge in [-0.3, -0.25) is 44.4 Å². The zero-order valence-corrected chi connectivity index (χ0v) is 28.2. The third-order valence-electron chi connectivity index (χ3n) is 7.00. The minimum atomic E-state index is -1.32. The van der Waals surface area contributed by atoms with E-state index in [4.69, 9.17) is 5.73 Å². The first-order valence-corrected chi connectivity index (χ1v) is 15.0. The number of ketones is 1. The van der Waals surface area contributed by atoms with Crippen LogP contribution >= 0.6 is 0 Å². The summed E-state index contributed by atoms with van der Waals surface area (Å²) in [5.41, 5.74) is 5.45. The van der Waals surface area contributed by atoms with E-state index in [-0.39, 0.29) is 87.9 Å². The Balaban J connectivity index is 0. The minimum Gasteiger partial charge on any atom is -0.369 e. The molecule has 0 fully saturated rings. The van der Waals surface area contributed by atoms with Gasteiger partial charge in [-0.25, -0.2) is 15.2 Å². The molecule has 0 saturated carbocycles. The molecule has 0 aromatic heterocycles. The van der Waals surface area contributed by atoms with Gasteiger partial charge in [-0.1, -0.05) is 6.92 Å². The SMILES string of the molecule is CCC(=O)CNCC[N+](=O)[C@H](CCN(O)C(C)=O)C(=O)N[C@H](CCN(O)C(C)=O)CNCCC[C@H](CCN(O)C(C)=O)C(N)=O.[Fe]. The monoisotopic (exact) mass is 703 g/mol. The molecule has 0 aliphatic heterocycles. The van der Waals surface area contributed by atoms with E-state index in [1.165, 1.54) is 6.92 Å². The quantitative estimate of drug-likeness (QED) is 0.0189. The molecule has 0 unspecified atom stereocenters. The van der Waals surface area contributed by atoms with Crippen LogP contribution < -0.4 is 21.7 Å².